The van der Waals surface area contributed by atoms with Gasteiger partial charge in [-0.05, 0) is 47.7 Å². The van der Waals surface area contributed by atoms with Crippen LogP contribution in [0.25, 0.3) is 0 Å². The second-order valence-electron chi connectivity index (χ2n) is 8.42. The molecule has 2 aromatic carbocycles. The maximum absolute atomic E-state index is 13.5. The van der Waals surface area contributed by atoms with Gasteiger partial charge in [-0.25, -0.2) is 8.42 Å². The Morgan fingerprint density at radius 3 is 2.06 bits per heavy atom. The Labute approximate surface area is 202 Å². The maximum atomic E-state index is 13.5. The van der Waals surface area contributed by atoms with E-state index in [4.69, 9.17) is 4.74 Å². The van der Waals surface area contributed by atoms with E-state index in [1.54, 1.807) is 31.4 Å². The third kappa shape index (κ3) is 6.96. The molecule has 0 aliphatic rings. The quantitative estimate of drug-likeness (QED) is 0.523. The number of rotatable bonds is 11. The number of nitrogens with zero attached hydrogens (tertiary/aromatic N) is 2. The molecule has 0 heterocycles. The summed E-state index contributed by atoms with van der Waals surface area (Å²) in [5, 5.41) is 2.60. The van der Waals surface area contributed by atoms with Crippen LogP contribution in [-0.2, 0) is 26.2 Å². The molecular weight excluding hydrogens is 454 g/mol. The zero-order chi connectivity index (χ0) is 25.5. The monoisotopic (exact) mass is 489 g/mol. The van der Waals surface area contributed by atoms with Crippen molar-refractivity contribution in [2.45, 2.75) is 45.7 Å². The van der Waals surface area contributed by atoms with Gasteiger partial charge in [-0.1, -0.05) is 45.0 Å². The lowest BCUT2D eigenvalue weighted by Crippen LogP contribution is -2.51. The second kappa shape index (κ2) is 11.9. The summed E-state index contributed by atoms with van der Waals surface area (Å²) in [6.07, 6.45) is 1.45. The first-order valence-electron chi connectivity index (χ1n) is 11.2. The van der Waals surface area contributed by atoms with Gasteiger partial charge >= 0.3 is 0 Å². The van der Waals surface area contributed by atoms with Crippen LogP contribution in [0, 0.1) is 0 Å². The Balaban J connectivity index is 2.40. The minimum atomic E-state index is -3.75. The van der Waals surface area contributed by atoms with E-state index >= 15 is 0 Å². The van der Waals surface area contributed by atoms with Gasteiger partial charge in [0.05, 0.1) is 19.1 Å². The Hall–Kier alpha value is -3.07. The summed E-state index contributed by atoms with van der Waals surface area (Å²) in [6, 6.07) is 13.6. The Morgan fingerprint density at radius 2 is 1.62 bits per heavy atom. The third-order valence-electron chi connectivity index (χ3n) is 5.67. The Bertz CT molecular complexity index is 1070. The summed E-state index contributed by atoms with van der Waals surface area (Å²) >= 11 is 0. The minimum absolute atomic E-state index is 0.151. The third-order valence-corrected chi connectivity index (χ3v) is 6.81. The van der Waals surface area contributed by atoms with Gasteiger partial charge in [0.1, 0.15) is 18.3 Å². The molecule has 2 amide bonds. The average Bonchev–Trinajstić information content (AvgIpc) is 2.81. The molecule has 0 aliphatic carbocycles. The van der Waals surface area contributed by atoms with Crippen LogP contribution in [0.5, 0.6) is 5.75 Å². The van der Waals surface area contributed by atoms with Gasteiger partial charge in [-0.3, -0.25) is 13.9 Å². The fourth-order valence-electron chi connectivity index (χ4n) is 3.65. The molecule has 1 atom stereocenters. The lowest BCUT2D eigenvalue weighted by atomic mass is 10.0. The molecule has 8 nitrogen and oxygen atoms in total. The van der Waals surface area contributed by atoms with Crippen LogP contribution >= 0.6 is 0 Å². The Morgan fingerprint density at radius 1 is 1.03 bits per heavy atom. The highest BCUT2D eigenvalue weighted by molar-refractivity contribution is 7.92. The SMILES string of the molecule is CC[C@H](C(=O)NC)N(Cc1ccc(OC)cc1)C(=O)CN(c1ccc(C(C)C)cc1)S(C)(=O)=O. The number of likely N-dealkylation sites (N-methyl/N-ethyl adjacent to an activating group) is 1. The van der Waals surface area contributed by atoms with Crippen molar-refractivity contribution in [2.24, 2.45) is 0 Å². The molecule has 0 saturated carbocycles. The number of benzene rings is 2. The highest BCUT2D eigenvalue weighted by Crippen LogP contribution is 2.23. The smallest absolute Gasteiger partial charge is 0.244 e. The van der Waals surface area contributed by atoms with Crippen molar-refractivity contribution >= 4 is 27.5 Å². The summed E-state index contributed by atoms with van der Waals surface area (Å²) in [4.78, 5) is 27.5. The molecule has 0 radical (unpaired) electrons. The van der Waals surface area contributed by atoms with Crippen LogP contribution in [-0.4, -0.2) is 58.1 Å². The summed E-state index contributed by atoms with van der Waals surface area (Å²) in [5.74, 6) is 0.189. The zero-order valence-electron chi connectivity index (χ0n) is 20.7. The van der Waals surface area contributed by atoms with E-state index in [-0.39, 0.29) is 12.5 Å². The van der Waals surface area contributed by atoms with Gasteiger partial charge in [-0.15, -0.1) is 0 Å². The second-order valence-corrected chi connectivity index (χ2v) is 10.3. The normalized spacial score (nSPS) is 12.2. The van der Waals surface area contributed by atoms with Crippen LogP contribution in [0.4, 0.5) is 5.69 Å². The predicted octanol–water partition coefficient (Wildman–Crippen LogP) is 3.14. The van der Waals surface area contributed by atoms with Gasteiger partial charge in [0.15, 0.2) is 0 Å². The molecule has 0 fully saturated rings. The van der Waals surface area contributed by atoms with Crippen molar-refractivity contribution in [1.29, 1.82) is 0 Å². The number of nitrogens with one attached hydrogen (secondary N) is 1. The molecule has 2 rings (SSSR count). The van der Waals surface area contributed by atoms with E-state index in [9.17, 15) is 18.0 Å². The highest BCUT2D eigenvalue weighted by Gasteiger charge is 2.31. The topological polar surface area (TPSA) is 96.0 Å². The number of anilines is 1. The van der Waals surface area contributed by atoms with Gasteiger partial charge in [0, 0.05) is 13.6 Å². The van der Waals surface area contributed by atoms with E-state index in [0.29, 0.717) is 23.8 Å². The van der Waals surface area contributed by atoms with Gasteiger partial charge in [0.2, 0.25) is 21.8 Å². The molecule has 186 valence electrons. The fraction of sp³-hybridized carbons (Fsp3) is 0.440. The van der Waals surface area contributed by atoms with Gasteiger partial charge < -0.3 is 15.0 Å². The summed E-state index contributed by atoms with van der Waals surface area (Å²) in [5.41, 5.74) is 2.26. The van der Waals surface area contributed by atoms with Crippen molar-refractivity contribution in [3.63, 3.8) is 0 Å². The zero-order valence-corrected chi connectivity index (χ0v) is 21.6. The summed E-state index contributed by atoms with van der Waals surface area (Å²) in [6.45, 7) is 5.65. The van der Waals surface area contributed by atoms with E-state index < -0.39 is 28.5 Å². The van der Waals surface area contributed by atoms with E-state index in [2.05, 4.69) is 5.32 Å². The summed E-state index contributed by atoms with van der Waals surface area (Å²) < 4.78 is 31.5. The lowest BCUT2D eigenvalue weighted by molar-refractivity contribution is -0.140. The first-order chi connectivity index (χ1) is 16.0. The number of amides is 2. The largest absolute Gasteiger partial charge is 0.497 e. The van der Waals surface area contributed by atoms with Crippen LogP contribution in [0.3, 0.4) is 0 Å². The van der Waals surface area contributed by atoms with E-state index in [1.165, 1.54) is 11.9 Å². The van der Waals surface area contributed by atoms with E-state index in [0.717, 1.165) is 21.7 Å². The van der Waals surface area contributed by atoms with Crippen molar-refractivity contribution in [3.8, 4) is 5.75 Å². The Kier molecular flexibility index (Phi) is 9.49. The number of carbonyl (C=O) groups excluding carboxylic acids is 2. The molecule has 0 bridgehead atoms. The number of carbonyl (C=O) groups is 2. The molecule has 0 saturated heterocycles. The average molecular weight is 490 g/mol. The van der Waals surface area contributed by atoms with Crippen LogP contribution in [0.1, 0.15) is 44.2 Å². The van der Waals surface area contributed by atoms with Crippen LogP contribution in [0.15, 0.2) is 48.5 Å². The molecule has 0 spiro atoms. The summed E-state index contributed by atoms with van der Waals surface area (Å²) in [7, 11) is -0.671. The van der Waals surface area contributed by atoms with Gasteiger partial charge in [0.25, 0.3) is 0 Å². The molecule has 2 aromatic rings. The molecular formula is C25H35N3O5S. The van der Waals surface area contributed by atoms with E-state index in [1.807, 2.05) is 45.0 Å². The number of hydrogen-bond acceptors (Lipinski definition) is 5. The highest BCUT2D eigenvalue weighted by atomic mass is 32.2. The lowest BCUT2D eigenvalue weighted by Gasteiger charge is -2.32. The number of ether oxygens (including phenoxy) is 1. The molecule has 0 unspecified atom stereocenters. The first kappa shape index (κ1) is 27.2. The molecule has 34 heavy (non-hydrogen) atoms. The van der Waals surface area contributed by atoms with Crippen molar-refractivity contribution in [1.82, 2.24) is 10.2 Å². The molecule has 0 aliphatic heterocycles. The molecule has 9 heteroatoms. The predicted molar refractivity (Wildman–Crippen MR) is 134 cm³/mol. The number of sulfonamides is 1. The van der Waals surface area contributed by atoms with Crippen LogP contribution in [0.2, 0.25) is 0 Å². The molecule has 1 N–H and O–H groups in total. The van der Waals surface area contributed by atoms with Crippen molar-refractivity contribution < 1.29 is 22.7 Å². The van der Waals surface area contributed by atoms with Gasteiger partial charge in [-0.2, -0.15) is 0 Å². The van der Waals surface area contributed by atoms with Crippen LogP contribution < -0.4 is 14.4 Å². The van der Waals surface area contributed by atoms with Crippen molar-refractivity contribution in [3.05, 3.63) is 59.7 Å². The van der Waals surface area contributed by atoms with Crippen molar-refractivity contribution in [2.75, 3.05) is 31.3 Å². The maximum Gasteiger partial charge on any atom is 0.244 e. The minimum Gasteiger partial charge on any atom is -0.497 e. The fourth-order valence-corrected chi connectivity index (χ4v) is 4.50. The number of methoxy groups -OCH3 is 1. The standard InChI is InChI=1S/C25H35N3O5S/c1-7-23(25(30)26-4)27(16-19-8-14-22(33-5)15-9-19)24(29)17-28(34(6,31)32)21-12-10-20(11-13-21)18(2)3/h8-15,18,23H,7,16-17H2,1-6H3,(H,26,30)/t23-/m1/s1. The first-order valence-corrected chi connectivity index (χ1v) is 13.1. The molecule has 0 aromatic heterocycles. The number of hydrogen-bond donors (Lipinski definition) is 1.